The summed E-state index contributed by atoms with van der Waals surface area (Å²) in [4.78, 5) is 11.4. The van der Waals surface area contributed by atoms with E-state index in [1.807, 2.05) is 22.6 Å². The Kier molecular flexibility index (Phi) is 5.18. The monoisotopic (exact) mass is 369 g/mol. The Morgan fingerprint density at radius 1 is 1.44 bits per heavy atom. The fourth-order valence-corrected chi connectivity index (χ4v) is 1.71. The number of rotatable bonds is 4. The topological polar surface area (TPSA) is 29.1 Å². The molecule has 0 aliphatic heterocycles. The number of hydrogen-bond donors (Lipinski definition) is 1. The molecule has 18 heavy (non-hydrogen) atoms. The van der Waals surface area contributed by atoms with E-state index in [1.165, 1.54) is 6.07 Å². The van der Waals surface area contributed by atoms with E-state index >= 15 is 0 Å². The number of alkyl halides is 3. The molecule has 1 aromatic rings. The summed E-state index contributed by atoms with van der Waals surface area (Å²) >= 11 is 1.87. The first-order chi connectivity index (χ1) is 8.34. The van der Waals surface area contributed by atoms with Gasteiger partial charge in [-0.25, -0.2) is 0 Å². The number of allylic oxidation sites excluding steroid dienone is 1. The van der Waals surface area contributed by atoms with E-state index in [9.17, 15) is 18.0 Å². The predicted octanol–water partition coefficient (Wildman–Crippen LogP) is 4.21. The summed E-state index contributed by atoms with van der Waals surface area (Å²) in [5, 5.41) is 2.46. The van der Waals surface area contributed by atoms with Crippen LogP contribution in [0.25, 0.3) is 0 Å². The molecule has 0 fully saturated rings. The Hall–Kier alpha value is -1.05. The minimum absolute atomic E-state index is 0.180. The van der Waals surface area contributed by atoms with Crippen LogP contribution in [0, 0.1) is 3.57 Å². The lowest BCUT2D eigenvalue weighted by Gasteiger charge is -2.11. The number of carbonyl (C=O) groups is 1. The molecular formula is C12H11F3INO. The Balaban J connectivity index is 2.88. The van der Waals surface area contributed by atoms with Crippen LogP contribution in [-0.4, -0.2) is 5.91 Å². The number of nitrogens with one attached hydrogen (secondary N) is 1. The van der Waals surface area contributed by atoms with Crippen molar-refractivity contribution in [3.8, 4) is 0 Å². The minimum atomic E-state index is -4.41. The second-order valence-electron chi connectivity index (χ2n) is 3.57. The van der Waals surface area contributed by atoms with Gasteiger partial charge in [0, 0.05) is 9.99 Å². The van der Waals surface area contributed by atoms with Crippen LogP contribution in [0.1, 0.15) is 18.4 Å². The highest BCUT2D eigenvalue weighted by molar-refractivity contribution is 14.1. The largest absolute Gasteiger partial charge is 0.416 e. The van der Waals surface area contributed by atoms with Crippen LogP contribution >= 0.6 is 22.6 Å². The fourth-order valence-electron chi connectivity index (χ4n) is 1.24. The van der Waals surface area contributed by atoms with Crippen LogP contribution in [0.5, 0.6) is 0 Å². The molecule has 0 atom stereocenters. The van der Waals surface area contributed by atoms with E-state index in [2.05, 4.69) is 11.9 Å². The summed E-state index contributed by atoms with van der Waals surface area (Å²) in [7, 11) is 0. The van der Waals surface area contributed by atoms with Crippen LogP contribution in [-0.2, 0) is 11.0 Å². The quantitative estimate of drug-likeness (QED) is 0.625. The third-order valence-electron chi connectivity index (χ3n) is 2.14. The van der Waals surface area contributed by atoms with Crippen molar-refractivity contribution in [1.82, 2.24) is 0 Å². The van der Waals surface area contributed by atoms with Gasteiger partial charge < -0.3 is 5.32 Å². The zero-order chi connectivity index (χ0) is 13.8. The minimum Gasteiger partial charge on any atom is -0.325 e. The third kappa shape index (κ3) is 4.32. The van der Waals surface area contributed by atoms with E-state index in [-0.39, 0.29) is 18.0 Å². The lowest BCUT2D eigenvalue weighted by molar-refractivity contribution is -0.137. The van der Waals surface area contributed by atoms with E-state index in [4.69, 9.17) is 0 Å². The Morgan fingerprint density at radius 3 is 2.67 bits per heavy atom. The molecule has 0 unspecified atom stereocenters. The molecule has 0 bridgehead atoms. The molecule has 6 heteroatoms. The van der Waals surface area contributed by atoms with Crippen molar-refractivity contribution in [1.29, 1.82) is 0 Å². The van der Waals surface area contributed by atoms with E-state index in [1.54, 1.807) is 6.08 Å². The first kappa shape index (κ1) is 15.0. The normalized spacial score (nSPS) is 11.1. The summed E-state index contributed by atoms with van der Waals surface area (Å²) in [5.74, 6) is -0.327. The van der Waals surface area contributed by atoms with Gasteiger partial charge in [0.1, 0.15) is 0 Å². The highest BCUT2D eigenvalue weighted by Gasteiger charge is 2.31. The number of halogens is 4. The average Bonchev–Trinajstić information content (AvgIpc) is 2.28. The molecule has 1 aromatic carbocycles. The molecule has 0 saturated heterocycles. The van der Waals surface area contributed by atoms with Crippen molar-refractivity contribution in [3.63, 3.8) is 0 Å². The maximum atomic E-state index is 12.5. The van der Waals surface area contributed by atoms with Gasteiger partial charge in [0.2, 0.25) is 5.91 Å². The van der Waals surface area contributed by atoms with E-state index in [0.717, 1.165) is 12.1 Å². The molecule has 0 aliphatic carbocycles. The van der Waals surface area contributed by atoms with Gasteiger partial charge >= 0.3 is 6.18 Å². The number of carbonyl (C=O) groups excluding carboxylic acids is 1. The van der Waals surface area contributed by atoms with Crippen LogP contribution in [0.15, 0.2) is 30.9 Å². The van der Waals surface area contributed by atoms with E-state index < -0.39 is 11.7 Å². The van der Waals surface area contributed by atoms with Gasteiger partial charge in [-0.15, -0.1) is 6.58 Å². The van der Waals surface area contributed by atoms with E-state index in [0.29, 0.717) is 9.99 Å². The summed E-state index contributed by atoms with van der Waals surface area (Å²) in [6.07, 6.45) is -2.14. The van der Waals surface area contributed by atoms with Gasteiger partial charge in [-0.2, -0.15) is 13.2 Å². The standard InChI is InChI=1S/C12H11F3INO/c1-2-3-4-11(18)17-10-7-8(12(13,14)15)5-6-9(10)16/h2,5-7H,1,3-4H2,(H,17,18). The number of amides is 1. The predicted molar refractivity (Wildman–Crippen MR) is 72.2 cm³/mol. The van der Waals surface area contributed by atoms with Crippen LogP contribution in [0.2, 0.25) is 0 Å². The Bertz CT molecular complexity index is 457. The summed E-state index contributed by atoms with van der Waals surface area (Å²) in [5.41, 5.74) is -0.596. The van der Waals surface area contributed by atoms with Crippen molar-refractivity contribution in [2.24, 2.45) is 0 Å². The van der Waals surface area contributed by atoms with Gasteiger partial charge in [0.15, 0.2) is 0 Å². The Morgan fingerprint density at radius 2 is 2.11 bits per heavy atom. The molecule has 0 spiro atoms. The molecular weight excluding hydrogens is 358 g/mol. The molecule has 1 amide bonds. The molecule has 1 N–H and O–H groups in total. The fraction of sp³-hybridized carbons (Fsp3) is 0.250. The summed E-state index contributed by atoms with van der Waals surface area (Å²) < 4.78 is 38.1. The van der Waals surface area contributed by atoms with Crippen molar-refractivity contribution >= 4 is 34.2 Å². The first-order valence-corrected chi connectivity index (χ1v) is 6.20. The SMILES string of the molecule is C=CCCC(=O)Nc1cc(C(F)(F)F)ccc1I. The number of anilines is 1. The maximum Gasteiger partial charge on any atom is 0.416 e. The summed E-state index contributed by atoms with van der Waals surface area (Å²) in [6, 6.07) is 3.25. The smallest absolute Gasteiger partial charge is 0.325 e. The number of benzene rings is 1. The van der Waals surface area contributed by atoms with Gasteiger partial charge in [0.05, 0.1) is 11.3 Å². The van der Waals surface area contributed by atoms with Crippen molar-refractivity contribution in [3.05, 3.63) is 40.0 Å². The van der Waals surface area contributed by atoms with Crippen molar-refractivity contribution < 1.29 is 18.0 Å². The van der Waals surface area contributed by atoms with Crippen molar-refractivity contribution in [2.75, 3.05) is 5.32 Å². The first-order valence-electron chi connectivity index (χ1n) is 5.12. The van der Waals surface area contributed by atoms with Gasteiger partial charge in [-0.3, -0.25) is 4.79 Å². The maximum absolute atomic E-state index is 12.5. The molecule has 0 radical (unpaired) electrons. The second-order valence-corrected chi connectivity index (χ2v) is 4.73. The molecule has 0 saturated carbocycles. The van der Waals surface area contributed by atoms with Crippen molar-refractivity contribution in [2.45, 2.75) is 19.0 Å². The second kappa shape index (κ2) is 6.21. The van der Waals surface area contributed by atoms with Gasteiger partial charge in [0.25, 0.3) is 0 Å². The average molecular weight is 369 g/mol. The lowest BCUT2D eigenvalue weighted by atomic mass is 10.2. The molecule has 2 nitrogen and oxygen atoms in total. The molecule has 1 rings (SSSR count). The summed E-state index contributed by atoms with van der Waals surface area (Å²) in [6.45, 7) is 3.47. The third-order valence-corrected chi connectivity index (χ3v) is 3.08. The molecule has 0 heterocycles. The lowest BCUT2D eigenvalue weighted by Crippen LogP contribution is -2.13. The van der Waals surface area contributed by atoms with Gasteiger partial charge in [-0.05, 0) is 47.2 Å². The zero-order valence-corrected chi connectivity index (χ0v) is 11.5. The van der Waals surface area contributed by atoms with Crippen LogP contribution < -0.4 is 5.32 Å². The van der Waals surface area contributed by atoms with Crippen LogP contribution in [0.4, 0.5) is 18.9 Å². The van der Waals surface area contributed by atoms with Gasteiger partial charge in [-0.1, -0.05) is 6.08 Å². The van der Waals surface area contributed by atoms with Crippen LogP contribution in [0.3, 0.4) is 0 Å². The Labute approximate surface area is 116 Å². The molecule has 0 aliphatic rings. The molecule has 0 aromatic heterocycles. The highest BCUT2D eigenvalue weighted by atomic mass is 127. The highest BCUT2D eigenvalue weighted by Crippen LogP contribution is 2.32. The molecule has 98 valence electrons. The zero-order valence-electron chi connectivity index (χ0n) is 9.35. The number of hydrogen-bond acceptors (Lipinski definition) is 1.